The Morgan fingerprint density at radius 3 is 2.50 bits per heavy atom. The first-order valence-corrected chi connectivity index (χ1v) is 6.38. The zero-order valence-electron chi connectivity index (χ0n) is 11.5. The van der Waals surface area contributed by atoms with E-state index < -0.39 is 5.60 Å². The molecule has 3 nitrogen and oxygen atoms in total. The van der Waals surface area contributed by atoms with E-state index in [9.17, 15) is 5.11 Å². The van der Waals surface area contributed by atoms with Gasteiger partial charge in [-0.1, -0.05) is 27.7 Å². The summed E-state index contributed by atoms with van der Waals surface area (Å²) in [6.45, 7) is 14.8. The van der Waals surface area contributed by atoms with Crippen molar-refractivity contribution in [3.8, 4) is 0 Å². The Hall–Kier alpha value is -0.120. The quantitative estimate of drug-likeness (QED) is 0.748. The molecule has 1 heterocycles. The Balaban J connectivity index is 2.35. The molecule has 0 saturated carbocycles. The van der Waals surface area contributed by atoms with Crippen LogP contribution in [0.3, 0.4) is 0 Å². The van der Waals surface area contributed by atoms with Gasteiger partial charge in [0.1, 0.15) is 0 Å². The summed E-state index contributed by atoms with van der Waals surface area (Å²) in [7, 11) is 0. The minimum absolute atomic E-state index is 0.269. The molecular weight excluding hydrogens is 200 g/mol. The number of aliphatic hydroxyl groups is 1. The molecule has 2 N–H and O–H groups in total. The molecule has 1 aliphatic rings. The molecule has 96 valence electrons. The van der Waals surface area contributed by atoms with Crippen LogP contribution >= 0.6 is 0 Å². The third-order valence-corrected chi connectivity index (χ3v) is 3.17. The first-order chi connectivity index (χ1) is 7.20. The van der Waals surface area contributed by atoms with Crippen molar-refractivity contribution >= 4 is 0 Å². The Morgan fingerprint density at radius 1 is 1.44 bits per heavy atom. The average molecular weight is 228 g/mol. The van der Waals surface area contributed by atoms with Crippen molar-refractivity contribution in [2.75, 3.05) is 26.2 Å². The van der Waals surface area contributed by atoms with Gasteiger partial charge in [0.2, 0.25) is 0 Å². The maximum atomic E-state index is 9.92. The lowest BCUT2D eigenvalue weighted by molar-refractivity contribution is 0.0630. The molecule has 1 rings (SSSR count). The Kier molecular flexibility index (Phi) is 4.38. The van der Waals surface area contributed by atoms with Crippen LogP contribution in [-0.4, -0.2) is 47.8 Å². The van der Waals surface area contributed by atoms with Crippen LogP contribution in [0.1, 0.15) is 41.0 Å². The minimum Gasteiger partial charge on any atom is -0.389 e. The van der Waals surface area contributed by atoms with Gasteiger partial charge in [0.15, 0.2) is 0 Å². The summed E-state index contributed by atoms with van der Waals surface area (Å²) in [6.07, 6.45) is 0.903. The van der Waals surface area contributed by atoms with Gasteiger partial charge in [0.25, 0.3) is 0 Å². The highest BCUT2D eigenvalue weighted by molar-refractivity contribution is 4.89. The van der Waals surface area contributed by atoms with Gasteiger partial charge in [-0.05, 0) is 18.8 Å². The average Bonchev–Trinajstić information content (AvgIpc) is 2.41. The largest absolute Gasteiger partial charge is 0.389 e. The summed E-state index contributed by atoms with van der Waals surface area (Å²) in [4.78, 5) is 2.38. The molecule has 0 aromatic heterocycles. The van der Waals surface area contributed by atoms with Crippen molar-refractivity contribution in [3.63, 3.8) is 0 Å². The van der Waals surface area contributed by atoms with E-state index in [0.717, 1.165) is 32.6 Å². The van der Waals surface area contributed by atoms with Crippen molar-refractivity contribution in [2.24, 2.45) is 5.41 Å². The van der Waals surface area contributed by atoms with Crippen LogP contribution in [-0.2, 0) is 0 Å². The summed E-state index contributed by atoms with van der Waals surface area (Å²) in [5.41, 5.74) is -0.202. The standard InChI is InChI=1S/C13H28N2O/c1-11(2)14-8-12(3,4)9-15-7-6-13(5,16)10-15/h11,14,16H,6-10H2,1-5H3. The predicted octanol–water partition coefficient (Wildman–Crippen LogP) is 1.47. The van der Waals surface area contributed by atoms with Crippen molar-refractivity contribution in [1.82, 2.24) is 10.2 Å². The minimum atomic E-state index is -0.471. The second kappa shape index (κ2) is 5.03. The van der Waals surface area contributed by atoms with E-state index >= 15 is 0 Å². The first-order valence-electron chi connectivity index (χ1n) is 6.38. The third-order valence-electron chi connectivity index (χ3n) is 3.17. The van der Waals surface area contributed by atoms with Gasteiger partial charge in [0.05, 0.1) is 5.60 Å². The topological polar surface area (TPSA) is 35.5 Å². The van der Waals surface area contributed by atoms with E-state index in [1.807, 2.05) is 6.92 Å². The van der Waals surface area contributed by atoms with Crippen molar-refractivity contribution in [3.05, 3.63) is 0 Å². The third kappa shape index (κ3) is 4.81. The van der Waals surface area contributed by atoms with E-state index in [2.05, 4.69) is 37.9 Å². The molecule has 0 amide bonds. The molecule has 1 atom stereocenters. The molecule has 1 unspecified atom stereocenters. The van der Waals surface area contributed by atoms with Crippen molar-refractivity contribution in [2.45, 2.75) is 52.7 Å². The maximum absolute atomic E-state index is 9.92. The number of hydrogen-bond donors (Lipinski definition) is 2. The highest BCUT2D eigenvalue weighted by Crippen LogP contribution is 2.24. The highest BCUT2D eigenvalue weighted by Gasteiger charge is 2.33. The number of hydrogen-bond acceptors (Lipinski definition) is 3. The summed E-state index contributed by atoms with van der Waals surface area (Å²) in [5, 5.41) is 13.4. The van der Waals surface area contributed by atoms with Gasteiger partial charge in [-0.2, -0.15) is 0 Å². The Labute approximate surface area is 100 Å². The van der Waals surface area contributed by atoms with Gasteiger partial charge < -0.3 is 10.4 Å². The van der Waals surface area contributed by atoms with Crippen LogP contribution in [0.2, 0.25) is 0 Å². The van der Waals surface area contributed by atoms with Gasteiger partial charge in [-0.3, -0.25) is 4.90 Å². The van der Waals surface area contributed by atoms with Crippen LogP contribution < -0.4 is 5.32 Å². The molecule has 0 aromatic rings. The molecule has 0 spiro atoms. The second-order valence-electron chi connectivity index (χ2n) is 6.66. The lowest BCUT2D eigenvalue weighted by atomic mass is 9.92. The molecule has 1 aliphatic heterocycles. The van der Waals surface area contributed by atoms with Crippen LogP contribution in [0.15, 0.2) is 0 Å². The molecule has 0 aliphatic carbocycles. The molecule has 1 fully saturated rings. The van der Waals surface area contributed by atoms with Crippen molar-refractivity contribution in [1.29, 1.82) is 0 Å². The fourth-order valence-electron chi connectivity index (χ4n) is 2.32. The summed E-state index contributed by atoms with van der Waals surface area (Å²) >= 11 is 0. The summed E-state index contributed by atoms with van der Waals surface area (Å²) in [5.74, 6) is 0. The number of rotatable bonds is 5. The van der Waals surface area contributed by atoms with Gasteiger partial charge in [-0.25, -0.2) is 0 Å². The first kappa shape index (κ1) is 13.9. The molecule has 3 heteroatoms. The second-order valence-corrected chi connectivity index (χ2v) is 6.66. The smallest absolute Gasteiger partial charge is 0.0758 e. The fraction of sp³-hybridized carbons (Fsp3) is 1.00. The lowest BCUT2D eigenvalue weighted by Gasteiger charge is -2.31. The summed E-state index contributed by atoms with van der Waals surface area (Å²) in [6, 6.07) is 0.543. The highest BCUT2D eigenvalue weighted by atomic mass is 16.3. The molecule has 1 saturated heterocycles. The van der Waals surface area contributed by atoms with Gasteiger partial charge in [-0.15, -0.1) is 0 Å². The molecule has 0 radical (unpaired) electrons. The molecule has 16 heavy (non-hydrogen) atoms. The van der Waals surface area contributed by atoms with E-state index in [-0.39, 0.29) is 5.41 Å². The lowest BCUT2D eigenvalue weighted by Crippen LogP contribution is -2.42. The van der Waals surface area contributed by atoms with E-state index in [4.69, 9.17) is 0 Å². The zero-order valence-corrected chi connectivity index (χ0v) is 11.5. The summed E-state index contributed by atoms with van der Waals surface area (Å²) < 4.78 is 0. The predicted molar refractivity (Wildman–Crippen MR) is 68.6 cm³/mol. The van der Waals surface area contributed by atoms with E-state index in [0.29, 0.717) is 6.04 Å². The van der Waals surface area contributed by atoms with E-state index in [1.54, 1.807) is 0 Å². The van der Waals surface area contributed by atoms with Crippen LogP contribution in [0.5, 0.6) is 0 Å². The normalized spacial score (nSPS) is 27.9. The Bertz CT molecular complexity index is 224. The molecule has 0 aromatic carbocycles. The Morgan fingerprint density at radius 2 is 2.06 bits per heavy atom. The SMILES string of the molecule is CC(C)NCC(C)(C)CN1CCC(C)(O)C1. The maximum Gasteiger partial charge on any atom is 0.0758 e. The number of β-amino-alcohol motifs (C(OH)–C–C–N with tert-alkyl or cyclic N) is 1. The number of nitrogens with zero attached hydrogens (tertiary/aromatic N) is 1. The monoisotopic (exact) mass is 228 g/mol. The van der Waals surface area contributed by atoms with Gasteiger partial charge >= 0.3 is 0 Å². The van der Waals surface area contributed by atoms with Gasteiger partial charge in [0, 0.05) is 32.2 Å². The fourth-order valence-corrected chi connectivity index (χ4v) is 2.32. The number of nitrogens with one attached hydrogen (secondary N) is 1. The number of likely N-dealkylation sites (tertiary alicyclic amines) is 1. The molecule has 0 bridgehead atoms. The van der Waals surface area contributed by atoms with Crippen LogP contribution in [0.25, 0.3) is 0 Å². The van der Waals surface area contributed by atoms with Crippen LogP contribution in [0, 0.1) is 5.41 Å². The van der Waals surface area contributed by atoms with E-state index in [1.165, 1.54) is 0 Å². The van der Waals surface area contributed by atoms with Crippen LogP contribution in [0.4, 0.5) is 0 Å². The van der Waals surface area contributed by atoms with Crippen molar-refractivity contribution < 1.29 is 5.11 Å². The zero-order chi connectivity index (χ0) is 12.4. The molecular formula is C13H28N2O.